The molecule has 2 unspecified atom stereocenters. The molecule has 0 saturated carbocycles. The zero-order chi connectivity index (χ0) is 18.4. The molecule has 2 aromatic heterocycles. The van der Waals surface area contributed by atoms with E-state index in [1.807, 2.05) is 0 Å². The second kappa shape index (κ2) is 6.30. The highest BCUT2D eigenvalue weighted by Gasteiger charge is 2.41. The van der Waals surface area contributed by atoms with Crippen LogP contribution in [0.25, 0.3) is 11.2 Å². The summed E-state index contributed by atoms with van der Waals surface area (Å²) >= 11 is 0. The van der Waals surface area contributed by atoms with Gasteiger partial charge in [-0.2, -0.15) is 0 Å². The molecule has 0 radical (unpaired) electrons. The quantitative estimate of drug-likeness (QED) is 0.573. The average molecular weight is 380 g/mol. The number of nitrogens with zero attached hydrogens (tertiary/aromatic N) is 4. The van der Waals surface area contributed by atoms with Crippen LogP contribution in [0.15, 0.2) is 23.4 Å². The largest absolute Gasteiger partial charge is 0.490 e. The Bertz CT molecular complexity index is 943. The number of nitrogens with one attached hydrogen (secondary N) is 1. The number of hydrogen-bond acceptors (Lipinski definition) is 10. The Morgan fingerprint density at radius 2 is 2.31 bits per heavy atom. The standard InChI is InChI=1S/C14H16N6O5S/c1-24-10-13(26(23)14(10)22)16-3-7-6(21)2-8(25-7)20-5-19-9-11(15)17-4-18-12(9)20/h4-8,16,21H,2-3H2,1H3,(H2,15,17,18)/t6?,7-,8-,26?/m1/s1. The number of nitrogen functional groups attached to an aromatic ring is 1. The molecule has 1 saturated heterocycles. The highest BCUT2D eigenvalue weighted by molar-refractivity contribution is 8.06. The first-order valence-electron chi connectivity index (χ1n) is 7.76. The van der Waals surface area contributed by atoms with Gasteiger partial charge in [-0.1, -0.05) is 0 Å². The number of fused-ring (bicyclic) bond motifs is 1. The van der Waals surface area contributed by atoms with E-state index in [2.05, 4.69) is 20.3 Å². The van der Waals surface area contributed by atoms with Crippen molar-refractivity contribution in [2.45, 2.75) is 24.9 Å². The highest BCUT2D eigenvalue weighted by atomic mass is 32.2. The van der Waals surface area contributed by atoms with Gasteiger partial charge in [-0.15, -0.1) is 0 Å². The Morgan fingerprint density at radius 3 is 3.08 bits per heavy atom. The lowest BCUT2D eigenvalue weighted by atomic mass is 10.2. The van der Waals surface area contributed by atoms with Gasteiger partial charge in [0.05, 0.1) is 19.5 Å². The number of aromatic nitrogens is 4. The van der Waals surface area contributed by atoms with Crippen LogP contribution in [-0.4, -0.2) is 59.8 Å². The maximum atomic E-state index is 11.7. The second-order valence-corrected chi connectivity index (χ2v) is 7.13. The molecule has 0 aliphatic carbocycles. The summed E-state index contributed by atoms with van der Waals surface area (Å²) in [4.78, 5) is 23.6. The number of rotatable bonds is 5. The van der Waals surface area contributed by atoms with Crippen LogP contribution in [0.2, 0.25) is 0 Å². The van der Waals surface area contributed by atoms with Crippen molar-refractivity contribution in [1.29, 1.82) is 0 Å². The van der Waals surface area contributed by atoms with E-state index in [9.17, 15) is 14.1 Å². The summed E-state index contributed by atoms with van der Waals surface area (Å²) in [6.07, 6.45) is 1.37. The van der Waals surface area contributed by atoms with E-state index < -0.39 is 34.4 Å². The molecule has 0 bridgehead atoms. The van der Waals surface area contributed by atoms with Gasteiger partial charge in [-0.3, -0.25) is 9.36 Å². The van der Waals surface area contributed by atoms with Crippen molar-refractivity contribution < 1.29 is 23.6 Å². The van der Waals surface area contributed by atoms with Gasteiger partial charge in [0, 0.05) is 13.0 Å². The molecular formula is C14H16N6O5S. The van der Waals surface area contributed by atoms with Crippen molar-refractivity contribution in [3.05, 3.63) is 23.4 Å². The van der Waals surface area contributed by atoms with Gasteiger partial charge >= 0.3 is 0 Å². The van der Waals surface area contributed by atoms with Crippen LogP contribution in [-0.2, 0) is 25.1 Å². The molecule has 138 valence electrons. The first-order valence-corrected chi connectivity index (χ1v) is 8.91. The molecular weight excluding hydrogens is 364 g/mol. The molecule has 1 fully saturated rings. The maximum absolute atomic E-state index is 11.7. The van der Waals surface area contributed by atoms with E-state index in [1.165, 1.54) is 19.8 Å². The predicted molar refractivity (Wildman–Crippen MR) is 89.5 cm³/mol. The summed E-state index contributed by atoms with van der Waals surface area (Å²) in [5, 5.41) is 12.8. The number of ether oxygens (including phenoxy) is 2. The molecule has 2 aliphatic rings. The van der Waals surface area contributed by atoms with E-state index in [-0.39, 0.29) is 23.2 Å². The third-order valence-corrected chi connectivity index (χ3v) is 5.54. The van der Waals surface area contributed by atoms with Crippen LogP contribution in [0, 0.1) is 0 Å². The zero-order valence-corrected chi connectivity index (χ0v) is 14.5. The molecule has 26 heavy (non-hydrogen) atoms. The van der Waals surface area contributed by atoms with Crippen molar-refractivity contribution >= 4 is 32.9 Å². The summed E-state index contributed by atoms with van der Waals surface area (Å²) < 4.78 is 24.1. The van der Waals surface area contributed by atoms with Crippen LogP contribution in [0.5, 0.6) is 0 Å². The molecule has 2 aliphatic heterocycles. The number of imidazole rings is 1. The average Bonchev–Trinajstić information content (AvgIpc) is 3.22. The van der Waals surface area contributed by atoms with Crippen LogP contribution >= 0.6 is 0 Å². The summed E-state index contributed by atoms with van der Waals surface area (Å²) in [6.45, 7) is 0.169. The molecule has 4 atom stereocenters. The smallest absolute Gasteiger partial charge is 0.292 e. The number of carbonyl (C=O) groups is 1. The monoisotopic (exact) mass is 380 g/mol. The molecule has 11 nitrogen and oxygen atoms in total. The zero-order valence-electron chi connectivity index (χ0n) is 13.7. The fourth-order valence-corrected chi connectivity index (χ4v) is 3.92. The summed E-state index contributed by atoms with van der Waals surface area (Å²) in [7, 11) is -0.421. The van der Waals surface area contributed by atoms with E-state index >= 15 is 0 Å². The number of aliphatic hydroxyl groups excluding tert-OH is 1. The Labute approximate surface area is 149 Å². The predicted octanol–water partition coefficient (Wildman–Crippen LogP) is -1.25. The lowest BCUT2D eigenvalue weighted by molar-refractivity contribution is -0.111. The third-order valence-electron chi connectivity index (χ3n) is 4.31. The Morgan fingerprint density at radius 1 is 1.50 bits per heavy atom. The van der Waals surface area contributed by atoms with Crippen LogP contribution in [0.1, 0.15) is 12.6 Å². The van der Waals surface area contributed by atoms with Crippen LogP contribution in [0.3, 0.4) is 0 Å². The van der Waals surface area contributed by atoms with Gasteiger partial charge in [0.1, 0.15) is 24.2 Å². The van der Waals surface area contributed by atoms with E-state index in [0.717, 1.165) is 0 Å². The first-order chi connectivity index (χ1) is 12.5. The van der Waals surface area contributed by atoms with Crippen LogP contribution in [0.4, 0.5) is 5.82 Å². The lowest BCUT2D eigenvalue weighted by Gasteiger charge is -2.23. The minimum absolute atomic E-state index is 0.0418. The fraction of sp³-hybridized carbons (Fsp3) is 0.429. The molecule has 12 heteroatoms. The van der Waals surface area contributed by atoms with E-state index in [4.69, 9.17) is 15.2 Å². The molecule has 0 spiro atoms. The topological polar surface area (TPSA) is 154 Å². The summed E-state index contributed by atoms with van der Waals surface area (Å²) in [6, 6.07) is 0. The molecule has 4 N–H and O–H groups in total. The van der Waals surface area contributed by atoms with Crippen molar-refractivity contribution in [3.63, 3.8) is 0 Å². The van der Waals surface area contributed by atoms with Crippen molar-refractivity contribution in [3.8, 4) is 0 Å². The van der Waals surface area contributed by atoms with Crippen LogP contribution < -0.4 is 11.1 Å². The molecule has 4 heterocycles. The van der Waals surface area contributed by atoms with Crippen molar-refractivity contribution in [1.82, 2.24) is 24.8 Å². The SMILES string of the molecule is COC1=C(NC[C@H]2O[C@@H](n3cnc4c(N)ncnc43)CC2O)S(=O)C1=O. The van der Waals surface area contributed by atoms with E-state index in [0.29, 0.717) is 17.6 Å². The molecule has 0 aromatic carbocycles. The molecule has 0 amide bonds. The Hall–Kier alpha value is -2.57. The Balaban J connectivity index is 1.48. The van der Waals surface area contributed by atoms with Gasteiger partial charge < -0.3 is 25.6 Å². The van der Waals surface area contributed by atoms with Gasteiger partial charge in [0.2, 0.25) is 5.76 Å². The third kappa shape index (κ3) is 2.53. The number of nitrogens with two attached hydrogens (primary N) is 1. The molecule has 4 rings (SSSR count). The summed E-state index contributed by atoms with van der Waals surface area (Å²) in [5.41, 5.74) is 6.75. The van der Waals surface area contributed by atoms with Crippen molar-refractivity contribution in [2.75, 3.05) is 19.4 Å². The minimum atomic E-state index is -1.75. The second-order valence-electron chi connectivity index (χ2n) is 5.81. The molecule has 2 aromatic rings. The number of carbonyl (C=O) groups excluding carboxylic acids is 1. The maximum Gasteiger partial charge on any atom is 0.292 e. The van der Waals surface area contributed by atoms with Gasteiger partial charge in [-0.25, -0.2) is 19.2 Å². The summed E-state index contributed by atoms with van der Waals surface area (Å²) in [5.74, 6) is 0.307. The Kier molecular flexibility index (Phi) is 4.09. The van der Waals surface area contributed by atoms with Crippen molar-refractivity contribution in [2.24, 2.45) is 0 Å². The van der Waals surface area contributed by atoms with Gasteiger partial charge in [0.25, 0.3) is 5.12 Å². The van der Waals surface area contributed by atoms with Gasteiger partial charge in [-0.05, 0) is 0 Å². The number of methoxy groups -OCH3 is 1. The van der Waals surface area contributed by atoms with E-state index in [1.54, 1.807) is 4.57 Å². The lowest BCUT2D eigenvalue weighted by Crippen LogP contribution is -2.40. The van der Waals surface area contributed by atoms with Gasteiger partial charge in [0.15, 0.2) is 27.3 Å². The minimum Gasteiger partial charge on any atom is -0.490 e. The number of anilines is 1. The fourth-order valence-electron chi connectivity index (χ4n) is 2.97. The first kappa shape index (κ1) is 16.9. The highest BCUT2D eigenvalue weighted by Crippen LogP contribution is 2.32. The number of aliphatic hydroxyl groups is 1. The number of hydrogen-bond donors (Lipinski definition) is 3. The normalized spacial score (nSPS) is 28.5.